The maximum atomic E-state index is 11.9. The summed E-state index contributed by atoms with van der Waals surface area (Å²) in [5.41, 5.74) is 25.2. The molecule has 0 aliphatic heterocycles. The van der Waals surface area contributed by atoms with Gasteiger partial charge in [0.05, 0.1) is 66.2 Å². The summed E-state index contributed by atoms with van der Waals surface area (Å²) in [6.45, 7) is 1.73. The first-order chi connectivity index (χ1) is 23.5. The molecule has 0 unspecified atom stereocenters. The highest BCUT2D eigenvalue weighted by molar-refractivity contribution is 6.49. The highest BCUT2D eigenvalue weighted by atomic mass is 35.5. The fourth-order valence-electron chi connectivity index (χ4n) is 4.28. The Hall–Kier alpha value is -5.56. The topological polar surface area (TPSA) is 296 Å². The number of carbonyl (C=O) groups is 2. The van der Waals surface area contributed by atoms with Gasteiger partial charge in [0.2, 0.25) is 11.9 Å². The lowest BCUT2D eigenvalue weighted by Gasteiger charge is -2.22. The normalized spacial score (nSPS) is 10.4. The third kappa shape index (κ3) is 9.32. The molecule has 5 aromatic rings. The van der Waals surface area contributed by atoms with E-state index in [0.717, 1.165) is 23.9 Å². The van der Waals surface area contributed by atoms with Crippen LogP contribution in [0.15, 0.2) is 47.0 Å². The molecule has 2 aromatic heterocycles. The predicted octanol–water partition coefficient (Wildman–Crippen LogP) is 6.07. The van der Waals surface area contributed by atoms with Gasteiger partial charge in [-0.05, 0) is 36.4 Å². The van der Waals surface area contributed by atoms with Gasteiger partial charge in [0, 0.05) is 35.7 Å². The van der Waals surface area contributed by atoms with Gasteiger partial charge in [0.15, 0.2) is 0 Å². The fraction of sp³-hybridized carbons (Fsp3) is 0.143. The zero-order valence-electron chi connectivity index (χ0n) is 25.8. The maximum Gasteiger partial charge on any atom is 0.300 e. The SMILES string of the molecule is CC(=O)O.CC(=O)O.Nc1nc(N)c2ccc(N(Cc3c(Cl)c(Cl)c(CN(N=O)c4ccc5nc(N)nc(N)c5c4)c(Cl)c3Cl)N=O)cc2n1. The summed E-state index contributed by atoms with van der Waals surface area (Å²) in [5, 5.41) is 24.1. The lowest BCUT2D eigenvalue weighted by Crippen LogP contribution is -2.18. The molecule has 0 amide bonds. The Bertz CT molecular complexity index is 2080. The standard InChI is InChI=1S/C24H18Cl4N12O2.2C2H4O2/c25-17-13(7-39(37-41)9-2-4-15-12(5-9)22(30)36-23(31)33-15)18(26)20(28)14(19(17)27)8-40(38-42)10-1-3-11-16(6-10)34-24(32)35-21(11)29;2*1-2(3)4/h1-6H,7-8H2,(H4,29,32,34,35)(H4,30,31,33,36);2*1H3,(H,3,4). The molecule has 0 aliphatic rings. The largest absolute Gasteiger partial charge is 0.481 e. The van der Waals surface area contributed by atoms with Crippen LogP contribution in [0.1, 0.15) is 25.0 Å². The van der Waals surface area contributed by atoms with Gasteiger partial charge in [-0.2, -0.15) is 9.97 Å². The molecule has 0 spiro atoms. The van der Waals surface area contributed by atoms with Crippen LogP contribution in [0.3, 0.4) is 0 Å². The number of carboxylic acid groups (broad SMARTS) is 2. The van der Waals surface area contributed by atoms with E-state index in [1.165, 1.54) is 0 Å². The van der Waals surface area contributed by atoms with Crippen LogP contribution in [0.25, 0.3) is 21.8 Å². The molecule has 22 heteroatoms. The highest BCUT2D eigenvalue weighted by Gasteiger charge is 2.25. The first-order valence-corrected chi connectivity index (χ1v) is 15.1. The summed E-state index contributed by atoms with van der Waals surface area (Å²) in [6.07, 6.45) is 0. The number of hydrogen-bond donors (Lipinski definition) is 6. The van der Waals surface area contributed by atoms with Crippen molar-refractivity contribution in [2.75, 3.05) is 33.0 Å². The van der Waals surface area contributed by atoms with E-state index >= 15 is 0 Å². The van der Waals surface area contributed by atoms with E-state index in [9.17, 15) is 9.81 Å². The summed E-state index contributed by atoms with van der Waals surface area (Å²) in [4.78, 5) is 57.9. The molecule has 262 valence electrons. The number of nitrogens with zero attached hydrogens (tertiary/aromatic N) is 8. The minimum atomic E-state index is -0.833. The number of nitrogen functional groups attached to an aromatic ring is 4. The summed E-state index contributed by atoms with van der Waals surface area (Å²) >= 11 is 26.5. The van der Waals surface area contributed by atoms with Crippen molar-refractivity contribution in [1.82, 2.24) is 19.9 Å². The van der Waals surface area contributed by atoms with Crippen molar-refractivity contribution in [3.8, 4) is 0 Å². The Morgan fingerprint density at radius 2 is 1.02 bits per heavy atom. The molecule has 0 saturated carbocycles. The smallest absolute Gasteiger partial charge is 0.300 e. The molecule has 0 bridgehead atoms. The van der Waals surface area contributed by atoms with Gasteiger partial charge in [-0.3, -0.25) is 9.59 Å². The van der Waals surface area contributed by atoms with Crippen LogP contribution in [0, 0.1) is 9.81 Å². The number of benzene rings is 3. The van der Waals surface area contributed by atoms with Gasteiger partial charge in [-0.15, -0.1) is 9.81 Å². The predicted molar refractivity (Wildman–Crippen MR) is 194 cm³/mol. The number of nitroso groups, excluding NO2 is 2. The molecular weight excluding hydrogens is 742 g/mol. The third-order valence-electron chi connectivity index (χ3n) is 6.31. The molecule has 0 fully saturated rings. The maximum absolute atomic E-state index is 11.9. The molecule has 18 nitrogen and oxygen atoms in total. The van der Waals surface area contributed by atoms with E-state index < -0.39 is 11.9 Å². The number of rotatable bonds is 8. The van der Waals surface area contributed by atoms with Gasteiger partial charge < -0.3 is 33.1 Å². The van der Waals surface area contributed by atoms with Crippen molar-refractivity contribution in [2.24, 2.45) is 10.6 Å². The van der Waals surface area contributed by atoms with E-state index in [4.69, 9.17) is 89.1 Å². The molecule has 5 rings (SSSR count). The van der Waals surface area contributed by atoms with Crippen LogP contribution in [-0.2, 0) is 22.7 Å². The van der Waals surface area contributed by atoms with Crippen molar-refractivity contribution in [2.45, 2.75) is 26.9 Å². The molecule has 50 heavy (non-hydrogen) atoms. The molecule has 0 atom stereocenters. The molecule has 0 saturated heterocycles. The molecule has 0 radical (unpaired) electrons. The van der Waals surface area contributed by atoms with Gasteiger partial charge in [0.1, 0.15) is 11.6 Å². The zero-order chi connectivity index (χ0) is 37.4. The minimum Gasteiger partial charge on any atom is -0.481 e. The fourth-order valence-corrected chi connectivity index (χ4v) is 5.45. The lowest BCUT2D eigenvalue weighted by molar-refractivity contribution is -0.135. The number of nitrogens with two attached hydrogens (primary N) is 4. The second kappa shape index (κ2) is 16.7. The number of halogens is 4. The Balaban J connectivity index is 0.000000764. The second-order valence-electron chi connectivity index (χ2n) is 9.87. The van der Waals surface area contributed by atoms with Crippen molar-refractivity contribution in [3.63, 3.8) is 0 Å². The van der Waals surface area contributed by atoms with Crippen LogP contribution in [0.5, 0.6) is 0 Å². The minimum absolute atomic E-state index is 0.00776. The van der Waals surface area contributed by atoms with E-state index in [1.807, 2.05) is 0 Å². The average Bonchev–Trinajstić information content (AvgIpc) is 3.03. The second-order valence-corrected chi connectivity index (χ2v) is 11.4. The lowest BCUT2D eigenvalue weighted by atomic mass is 10.1. The first-order valence-electron chi connectivity index (χ1n) is 13.6. The highest BCUT2D eigenvalue weighted by Crippen LogP contribution is 2.43. The number of anilines is 6. The number of hydrogen-bond acceptors (Lipinski definition) is 14. The van der Waals surface area contributed by atoms with Crippen molar-refractivity contribution in [1.29, 1.82) is 0 Å². The van der Waals surface area contributed by atoms with E-state index in [1.54, 1.807) is 36.4 Å². The van der Waals surface area contributed by atoms with Gasteiger partial charge in [0.25, 0.3) is 11.9 Å². The molecule has 3 aromatic carbocycles. The monoisotopic (exact) mass is 766 g/mol. The molecule has 2 heterocycles. The third-order valence-corrected chi connectivity index (χ3v) is 8.17. The van der Waals surface area contributed by atoms with Gasteiger partial charge in [-0.1, -0.05) is 46.4 Å². The van der Waals surface area contributed by atoms with Crippen molar-refractivity contribution in [3.05, 3.63) is 77.4 Å². The molecule has 0 aliphatic carbocycles. The summed E-state index contributed by atoms with van der Waals surface area (Å²) in [6, 6.07) is 9.50. The Morgan fingerprint density at radius 1 is 0.640 bits per heavy atom. The zero-order valence-corrected chi connectivity index (χ0v) is 28.8. The van der Waals surface area contributed by atoms with Crippen molar-refractivity contribution < 1.29 is 19.8 Å². The number of aromatic nitrogens is 4. The van der Waals surface area contributed by atoms with Crippen molar-refractivity contribution >= 4 is 115 Å². The average molecular weight is 768 g/mol. The molecular formula is C28H26Cl4N12O6. The van der Waals surface area contributed by atoms with Gasteiger partial charge in [-0.25, -0.2) is 20.0 Å². The Kier molecular flexibility index (Phi) is 13.0. The molecule has 10 N–H and O–H groups in total. The van der Waals surface area contributed by atoms with E-state index in [-0.39, 0.29) is 67.8 Å². The quantitative estimate of drug-likeness (QED) is 0.0592. The summed E-state index contributed by atoms with van der Waals surface area (Å²) in [5.74, 6) is -1.39. The van der Waals surface area contributed by atoms with E-state index in [0.29, 0.717) is 33.2 Å². The summed E-state index contributed by atoms with van der Waals surface area (Å²) < 4.78 is 0. The summed E-state index contributed by atoms with van der Waals surface area (Å²) in [7, 11) is 0. The van der Waals surface area contributed by atoms with Crippen LogP contribution in [0.2, 0.25) is 20.1 Å². The van der Waals surface area contributed by atoms with Gasteiger partial charge >= 0.3 is 0 Å². The number of aliphatic carboxylic acids is 2. The van der Waals surface area contributed by atoms with Crippen LogP contribution in [-0.4, -0.2) is 42.1 Å². The number of fused-ring (bicyclic) bond motifs is 2. The van der Waals surface area contributed by atoms with E-state index in [2.05, 4.69) is 30.5 Å². The Morgan fingerprint density at radius 3 is 1.46 bits per heavy atom. The van der Waals surface area contributed by atoms with Crippen LogP contribution in [0.4, 0.5) is 34.9 Å². The Labute approximate surface area is 301 Å². The van der Waals surface area contributed by atoms with Crippen LogP contribution < -0.4 is 33.0 Å². The number of carboxylic acids is 2. The van der Waals surface area contributed by atoms with Crippen LogP contribution >= 0.6 is 46.4 Å². The first kappa shape index (κ1) is 38.9.